The molecule has 0 fully saturated rings. The second kappa shape index (κ2) is 4.53. The fourth-order valence-corrected chi connectivity index (χ4v) is 1.43. The van der Waals surface area contributed by atoms with Crippen molar-refractivity contribution in [2.24, 2.45) is 5.73 Å². The SMILES string of the molecule is CC(C)(N)CCCCn1ncc(N)c1N. The summed E-state index contributed by atoms with van der Waals surface area (Å²) in [4.78, 5) is 0. The highest BCUT2D eigenvalue weighted by Gasteiger charge is 2.10. The number of hydrogen-bond acceptors (Lipinski definition) is 4. The molecular weight excluding hydrogens is 190 g/mol. The molecule has 0 spiro atoms. The Hall–Kier alpha value is -1.23. The maximum atomic E-state index is 5.88. The number of aryl methyl sites for hydroxylation is 1. The first kappa shape index (κ1) is 11.8. The maximum Gasteiger partial charge on any atom is 0.145 e. The molecule has 0 bridgehead atoms. The minimum atomic E-state index is -0.0886. The third-order valence-corrected chi connectivity index (χ3v) is 2.35. The highest BCUT2D eigenvalue weighted by atomic mass is 15.3. The van der Waals surface area contributed by atoms with E-state index in [-0.39, 0.29) is 5.54 Å². The summed E-state index contributed by atoms with van der Waals surface area (Å²) < 4.78 is 1.73. The number of aromatic nitrogens is 2. The fraction of sp³-hybridized carbons (Fsp3) is 0.700. The van der Waals surface area contributed by atoms with E-state index < -0.39 is 0 Å². The van der Waals surface area contributed by atoms with Crippen LogP contribution in [-0.4, -0.2) is 15.3 Å². The molecule has 0 aliphatic heterocycles. The van der Waals surface area contributed by atoms with E-state index in [2.05, 4.69) is 5.10 Å². The molecule has 0 aliphatic rings. The van der Waals surface area contributed by atoms with E-state index >= 15 is 0 Å². The van der Waals surface area contributed by atoms with Gasteiger partial charge in [-0.15, -0.1) is 0 Å². The van der Waals surface area contributed by atoms with Crippen LogP contribution in [0.2, 0.25) is 0 Å². The van der Waals surface area contributed by atoms with Crippen LogP contribution in [0.3, 0.4) is 0 Å². The second-order valence-electron chi connectivity index (χ2n) is 4.65. The summed E-state index contributed by atoms with van der Waals surface area (Å²) in [5, 5.41) is 4.08. The molecule has 0 amide bonds. The van der Waals surface area contributed by atoms with Gasteiger partial charge >= 0.3 is 0 Å². The van der Waals surface area contributed by atoms with Crippen LogP contribution in [0.5, 0.6) is 0 Å². The summed E-state index contributed by atoms with van der Waals surface area (Å²) in [5.74, 6) is 0.557. The second-order valence-corrected chi connectivity index (χ2v) is 4.65. The largest absolute Gasteiger partial charge is 0.394 e. The van der Waals surface area contributed by atoms with Crippen LogP contribution in [-0.2, 0) is 6.54 Å². The summed E-state index contributed by atoms with van der Waals surface area (Å²) in [6.45, 7) is 4.87. The Bertz CT molecular complexity index is 310. The van der Waals surface area contributed by atoms with Crippen LogP contribution in [0.15, 0.2) is 6.20 Å². The lowest BCUT2D eigenvalue weighted by Gasteiger charge is -2.17. The molecular formula is C10H21N5. The van der Waals surface area contributed by atoms with Gasteiger partial charge in [0.05, 0.1) is 11.9 Å². The molecule has 86 valence electrons. The first-order valence-corrected chi connectivity index (χ1v) is 5.26. The standard InChI is InChI=1S/C10H21N5/c1-10(2,13)5-3-4-6-15-9(12)8(11)7-14-15/h7H,3-6,11-13H2,1-2H3. The predicted molar refractivity (Wildman–Crippen MR) is 63.2 cm³/mol. The Kier molecular flexibility index (Phi) is 3.57. The van der Waals surface area contributed by atoms with E-state index in [1.165, 1.54) is 0 Å². The Morgan fingerprint density at radius 2 is 2.00 bits per heavy atom. The third-order valence-electron chi connectivity index (χ3n) is 2.35. The van der Waals surface area contributed by atoms with Crippen molar-refractivity contribution in [3.05, 3.63) is 6.20 Å². The molecule has 0 saturated carbocycles. The summed E-state index contributed by atoms with van der Waals surface area (Å²) in [5.41, 5.74) is 17.7. The van der Waals surface area contributed by atoms with Gasteiger partial charge in [0.15, 0.2) is 0 Å². The van der Waals surface area contributed by atoms with Crippen LogP contribution in [0.1, 0.15) is 33.1 Å². The summed E-state index contributed by atoms with van der Waals surface area (Å²) in [6, 6.07) is 0. The van der Waals surface area contributed by atoms with Gasteiger partial charge in [-0.2, -0.15) is 5.10 Å². The van der Waals surface area contributed by atoms with Crippen molar-refractivity contribution >= 4 is 11.5 Å². The predicted octanol–water partition coefficient (Wildman–Crippen LogP) is 0.955. The molecule has 1 aromatic rings. The van der Waals surface area contributed by atoms with Crippen molar-refractivity contribution < 1.29 is 0 Å². The zero-order chi connectivity index (χ0) is 11.5. The Labute approximate surface area is 90.6 Å². The first-order valence-electron chi connectivity index (χ1n) is 5.26. The van der Waals surface area contributed by atoms with E-state index in [4.69, 9.17) is 17.2 Å². The molecule has 1 heterocycles. The number of anilines is 2. The fourth-order valence-electron chi connectivity index (χ4n) is 1.43. The van der Waals surface area contributed by atoms with Gasteiger partial charge in [0.2, 0.25) is 0 Å². The van der Waals surface area contributed by atoms with Gasteiger partial charge in [0.25, 0.3) is 0 Å². The molecule has 0 unspecified atom stereocenters. The van der Waals surface area contributed by atoms with E-state index in [9.17, 15) is 0 Å². The smallest absolute Gasteiger partial charge is 0.145 e. The first-order chi connectivity index (χ1) is 6.90. The van der Waals surface area contributed by atoms with Crippen molar-refractivity contribution in [3.63, 3.8) is 0 Å². The Morgan fingerprint density at radius 1 is 1.33 bits per heavy atom. The van der Waals surface area contributed by atoms with Gasteiger partial charge in [-0.05, 0) is 33.1 Å². The lowest BCUT2D eigenvalue weighted by molar-refractivity contribution is 0.433. The zero-order valence-electron chi connectivity index (χ0n) is 9.53. The molecule has 1 aromatic heterocycles. The van der Waals surface area contributed by atoms with Gasteiger partial charge in [-0.3, -0.25) is 0 Å². The van der Waals surface area contributed by atoms with Crippen molar-refractivity contribution in [2.45, 2.75) is 45.2 Å². The number of unbranched alkanes of at least 4 members (excludes halogenated alkanes) is 1. The van der Waals surface area contributed by atoms with Gasteiger partial charge in [0.1, 0.15) is 5.82 Å². The minimum absolute atomic E-state index is 0.0886. The molecule has 1 rings (SSSR count). The van der Waals surface area contributed by atoms with Crippen molar-refractivity contribution in [2.75, 3.05) is 11.5 Å². The molecule has 5 nitrogen and oxygen atoms in total. The lowest BCUT2D eigenvalue weighted by Crippen LogP contribution is -2.31. The number of nitrogens with two attached hydrogens (primary N) is 3. The Morgan fingerprint density at radius 3 is 2.47 bits per heavy atom. The molecule has 0 atom stereocenters. The summed E-state index contributed by atoms with van der Waals surface area (Å²) >= 11 is 0. The van der Waals surface area contributed by atoms with E-state index in [0.29, 0.717) is 11.5 Å². The quantitative estimate of drug-likeness (QED) is 0.632. The monoisotopic (exact) mass is 211 g/mol. The number of nitrogen functional groups attached to an aromatic ring is 2. The molecule has 6 N–H and O–H groups in total. The number of nitrogens with zero attached hydrogens (tertiary/aromatic N) is 2. The maximum absolute atomic E-state index is 5.88. The molecule has 0 aromatic carbocycles. The van der Waals surface area contributed by atoms with E-state index in [1.54, 1.807) is 10.9 Å². The number of rotatable bonds is 5. The topological polar surface area (TPSA) is 95.9 Å². The highest BCUT2D eigenvalue weighted by molar-refractivity contribution is 5.56. The van der Waals surface area contributed by atoms with Crippen LogP contribution < -0.4 is 17.2 Å². The van der Waals surface area contributed by atoms with Gasteiger partial charge in [-0.25, -0.2) is 4.68 Å². The van der Waals surface area contributed by atoms with Gasteiger partial charge in [-0.1, -0.05) is 0 Å². The van der Waals surface area contributed by atoms with Crippen molar-refractivity contribution in [3.8, 4) is 0 Å². The summed E-state index contributed by atoms with van der Waals surface area (Å²) in [6.07, 6.45) is 4.68. The zero-order valence-corrected chi connectivity index (χ0v) is 9.53. The van der Waals surface area contributed by atoms with Gasteiger partial charge in [0, 0.05) is 12.1 Å². The van der Waals surface area contributed by atoms with Crippen LogP contribution in [0.25, 0.3) is 0 Å². The molecule has 0 aliphatic carbocycles. The molecule has 0 radical (unpaired) electrons. The van der Waals surface area contributed by atoms with Crippen LogP contribution in [0, 0.1) is 0 Å². The lowest BCUT2D eigenvalue weighted by atomic mass is 9.99. The molecule has 5 heteroatoms. The average molecular weight is 211 g/mol. The summed E-state index contributed by atoms with van der Waals surface area (Å²) in [7, 11) is 0. The van der Waals surface area contributed by atoms with Crippen LogP contribution >= 0.6 is 0 Å². The highest BCUT2D eigenvalue weighted by Crippen LogP contribution is 2.15. The Balaban J connectivity index is 2.30. The average Bonchev–Trinajstić information content (AvgIpc) is 2.42. The van der Waals surface area contributed by atoms with E-state index in [1.807, 2.05) is 13.8 Å². The van der Waals surface area contributed by atoms with Crippen molar-refractivity contribution in [1.29, 1.82) is 0 Å². The van der Waals surface area contributed by atoms with Crippen molar-refractivity contribution in [1.82, 2.24) is 9.78 Å². The number of hydrogen-bond donors (Lipinski definition) is 3. The normalized spacial score (nSPS) is 11.9. The van der Waals surface area contributed by atoms with Gasteiger partial charge < -0.3 is 17.2 Å². The molecule has 15 heavy (non-hydrogen) atoms. The van der Waals surface area contributed by atoms with Crippen LogP contribution in [0.4, 0.5) is 11.5 Å². The molecule has 0 saturated heterocycles. The third kappa shape index (κ3) is 3.79. The minimum Gasteiger partial charge on any atom is -0.394 e. The van der Waals surface area contributed by atoms with E-state index in [0.717, 1.165) is 25.8 Å².